The molecule has 0 bridgehead atoms. The van der Waals surface area contributed by atoms with Crippen molar-refractivity contribution in [3.05, 3.63) is 39.6 Å². The molecule has 0 radical (unpaired) electrons. The SMILES string of the molecule is Cc1nnsc1CNC(=O)c1csc(Nc2nccc(C3CCCN3CC#N)n2)n1. The third-order valence-electron chi connectivity index (χ3n) is 4.77. The Bertz CT molecular complexity index is 1070. The molecule has 1 fully saturated rings. The highest BCUT2D eigenvalue weighted by atomic mass is 32.1. The van der Waals surface area contributed by atoms with Gasteiger partial charge in [0.05, 0.1) is 41.5 Å². The molecule has 10 nitrogen and oxygen atoms in total. The maximum Gasteiger partial charge on any atom is 0.271 e. The highest BCUT2D eigenvalue weighted by Gasteiger charge is 2.27. The molecule has 4 heterocycles. The van der Waals surface area contributed by atoms with Crippen molar-refractivity contribution >= 4 is 39.9 Å². The minimum Gasteiger partial charge on any atom is -0.346 e. The monoisotopic (exact) mass is 441 g/mol. The van der Waals surface area contributed by atoms with Gasteiger partial charge in [-0.15, -0.1) is 16.4 Å². The van der Waals surface area contributed by atoms with Crippen LogP contribution in [0.1, 0.15) is 45.6 Å². The van der Waals surface area contributed by atoms with Crippen LogP contribution >= 0.6 is 22.9 Å². The average molecular weight is 442 g/mol. The minimum absolute atomic E-state index is 0.121. The summed E-state index contributed by atoms with van der Waals surface area (Å²) in [5.74, 6) is 0.156. The molecule has 3 aromatic rings. The van der Waals surface area contributed by atoms with Crippen LogP contribution in [0.25, 0.3) is 0 Å². The predicted molar refractivity (Wildman–Crippen MR) is 112 cm³/mol. The fourth-order valence-corrected chi connectivity index (χ4v) is 4.51. The molecule has 1 amide bonds. The summed E-state index contributed by atoms with van der Waals surface area (Å²) in [6.45, 7) is 3.51. The van der Waals surface area contributed by atoms with Gasteiger partial charge in [-0.25, -0.2) is 15.0 Å². The molecule has 0 aromatic carbocycles. The fourth-order valence-electron chi connectivity index (χ4n) is 3.25. The standard InChI is InChI=1S/C18H19N9OS2/c1-11-15(30-26-25-11)9-21-16(28)13-10-29-18(23-13)24-17-20-6-4-12(22-17)14-3-2-7-27(14)8-5-19/h4,6,10,14H,2-3,7-9H2,1H3,(H,21,28)(H,20,22,23,24). The second-order valence-corrected chi connectivity index (χ2v) is 8.42. The Morgan fingerprint density at radius 2 is 2.33 bits per heavy atom. The summed E-state index contributed by atoms with van der Waals surface area (Å²) in [5, 5.41) is 21.1. The summed E-state index contributed by atoms with van der Waals surface area (Å²) in [6, 6.07) is 4.21. The van der Waals surface area contributed by atoms with Crippen molar-refractivity contribution in [1.82, 2.24) is 34.8 Å². The molecule has 1 aliphatic heterocycles. The Hall–Kier alpha value is -3.01. The Labute approximate surface area is 181 Å². The van der Waals surface area contributed by atoms with Crippen molar-refractivity contribution in [2.24, 2.45) is 0 Å². The zero-order chi connectivity index (χ0) is 20.9. The maximum atomic E-state index is 12.3. The molecule has 12 heteroatoms. The maximum absolute atomic E-state index is 12.3. The van der Waals surface area contributed by atoms with Gasteiger partial charge in [-0.05, 0) is 43.9 Å². The second kappa shape index (κ2) is 9.21. The van der Waals surface area contributed by atoms with Crippen LogP contribution in [0.15, 0.2) is 17.6 Å². The topological polar surface area (TPSA) is 133 Å². The number of amides is 1. The van der Waals surface area contributed by atoms with Crippen molar-refractivity contribution in [2.45, 2.75) is 32.4 Å². The lowest BCUT2D eigenvalue weighted by Gasteiger charge is -2.21. The molecular weight excluding hydrogens is 422 g/mol. The van der Waals surface area contributed by atoms with Gasteiger partial charge < -0.3 is 10.6 Å². The lowest BCUT2D eigenvalue weighted by Crippen LogP contribution is -2.24. The van der Waals surface area contributed by atoms with Gasteiger partial charge in [-0.3, -0.25) is 9.69 Å². The van der Waals surface area contributed by atoms with Gasteiger partial charge in [-0.1, -0.05) is 4.49 Å². The zero-order valence-corrected chi connectivity index (χ0v) is 17.8. The van der Waals surface area contributed by atoms with Crippen LogP contribution in [0.5, 0.6) is 0 Å². The van der Waals surface area contributed by atoms with Crippen LogP contribution in [0.3, 0.4) is 0 Å². The number of hydrogen-bond acceptors (Lipinski definition) is 11. The summed E-state index contributed by atoms with van der Waals surface area (Å²) < 4.78 is 3.86. The second-order valence-electron chi connectivity index (χ2n) is 6.72. The number of hydrogen-bond donors (Lipinski definition) is 2. The summed E-state index contributed by atoms with van der Waals surface area (Å²) in [5.41, 5.74) is 2.02. The molecule has 4 rings (SSSR count). The number of rotatable bonds is 7. The minimum atomic E-state index is -0.264. The molecule has 0 saturated carbocycles. The first-order valence-electron chi connectivity index (χ1n) is 9.36. The number of anilines is 2. The first-order chi connectivity index (χ1) is 14.6. The van der Waals surface area contributed by atoms with Gasteiger partial charge in [0.1, 0.15) is 5.69 Å². The van der Waals surface area contributed by atoms with E-state index in [4.69, 9.17) is 5.26 Å². The highest BCUT2D eigenvalue weighted by molar-refractivity contribution is 7.14. The third-order valence-corrected chi connectivity index (χ3v) is 6.35. The van der Waals surface area contributed by atoms with E-state index in [1.807, 2.05) is 13.0 Å². The van der Waals surface area contributed by atoms with Crippen LogP contribution in [-0.4, -0.2) is 48.4 Å². The van der Waals surface area contributed by atoms with Crippen molar-refractivity contribution < 1.29 is 4.79 Å². The molecule has 154 valence electrons. The predicted octanol–water partition coefficient (Wildman–Crippen LogP) is 2.43. The largest absolute Gasteiger partial charge is 0.346 e. The molecule has 3 aromatic heterocycles. The van der Waals surface area contributed by atoms with Gasteiger partial charge in [0, 0.05) is 11.6 Å². The molecule has 1 aliphatic rings. The molecule has 2 N–H and O–H groups in total. The van der Waals surface area contributed by atoms with Crippen LogP contribution in [-0.2, 0) is 6.54 Å². The third kappa shape index (κ3) is 4.59. The number of carbonyl (C=O) groups is 1. The number of carbonyl (C=O) groups excluding carboxylic acids is 1. The highest BCUT2D eigenvalue weighted by Crippen LogP contribution is 2.30. The first kappa shape index (κ1) is 20.3. The van der Waals surface area contributed by atoms with Gasteiger partial charge >= 0.3 is 0 Å². The molecule has 1 atom stereocenters. The van der Waals surface area contributed by atoms with E-state index in [1.165, 1.54) is 22.9 Å². The Morgan fingerprint density at radius 3 is 3.13 bits per heavy atom. The van der Waals surface area contributed by atoms with Gasteiger partial charge in [-0.2, -0.15) is 5.26 Å². The molecular formula is C18H19N9OS2. The van der Waals surface area contributed by atoms with Crippen molar-refractivity contribution in [3.63, 3.8) is 0 Å². The Balaban J connectivity index is 1.39. The number of aromatic nitrogens is 5. The van der Waals surface area contributed by atoms with E-state index in [0.29, 0.717) is 29.9 Å². The number of nitrogens with one attached hydrogen (secondary N) is 2. The van der Waals surface area contributed by atoms with Crippen LogP contribution in [0, 0.1) is 18.3 Å². The normalized spacial score (nSPS) is 16.3. The van der Waals surface area contributed by atoms with E-state index in [-0.39, 0.29) is 11.9 Å². The molecule has 0 aliphatic carbocycles. The summed E-state index contributed by atoms with van der Waals surface area (Å²) >= 11 is 2.57. The number of nitrogens with zero attached hydrogens (tertiary/aromatic N) is 7. The summed E-state index contributed by atoms with van der Waals surface area (Å²) in [4.78, 5) is 28.6. The summed E-state index contributed by atoms with van der Waals surface area (Å²) in [6.07, 6.45) is 3.70. The van der Waals surface area contributed by atoms with E-state index in [9.17, 15) is 4.79 Å². The molecule has 0 spiro atoms. The van der Waals surface area contributed by atoms with Gasteiger partial charge in [0.25, 0.3) is 5.91 Å². The van der Waals surface area contributed by atoms with Crippen molar-refractivity contribution in [1.29, 1.82) is 5.26 Å². The molecule has 1 saturated heterocycles. The van der Waals surface area contributed by atoms with Crippen LogP contribution in [0.4, 0.5) is 11.1 Å². The van der Waals surface area contributed by atoms with Gasteiger partial charge in [0.15, 0.2) is 5.13 Å². The number of nitriles is 1. The van der Waals surface area contributed by atoms with Gasteiger partial charge in [0.2, 0.25) is 5.95 Å². The first-order valence-corrected chi connectivity index (χ1v) is 11.0. The quantitative estimate of drug-likeness (QED) is 0.530. The Kier molecular flexibility index (Phi) is 6.22. The van der Waals surface area contributed by atoms with Crippen molar-refractivity contribution in [2.75, 3.05) is 18.4 Å². The van der Waals surface area contributed by atoms with Crippen LogP contribution in [0.2, 0.25) is 0 Å². The van der Waals surface area contributed by atoms with E-state index in [2.05, 4.69) is 46.1 Å². The molecule has 1 unspecified atom stereocenters. The number of aryl methyl sites for hydroxylation is 1. The lowest BCUT2D eigenvalue weighted by atomic mass is 10.1. The number of likely N-dealkylation sites (tertiary alicyclic amines) is 1. The smallest absolute Gasteiger partial charge is 0.271 e. The van der Waals surface area contributed by atoms with E-state index in [0.717, 1.165) is 35.7 Å². The number of thiazole rings is 1. The lowest BCUT2D eigenvalue weighted by molar-refractivity contribution is 0.0947. The van der Waals surface area contributed by atoms with Crippen LogP contribution < -0.4 is 10.6 Å². The van der Waals surface area contributed by atoms with Crippen molar-refractivity contribution in [3.8, 4) is 6.07 Å². The molecule has 30 heavy (non-hydrogen) atoms. The van der Waals surface area contributed by atoms with E-state index in [1.54, 1.807) is 11.6 Å². The summed E-state index contributed by atoms with van der Waals surface area (Å²) in [7, 11) is 0. The zero-order valence-electron chi connectivity index (χ0n) is 16.2. The van der Waals surface area contributed by atoms with E-state index < -0.39 is 0 Å². The Morgan fingerprint density at radius 1 is 1.43 bits per heavy atom. The van der Waals surface area contributed by atoms with E-state index >= 15 is 0 Å². The fraction of sp³-hybridized carbons (Fsp3) is 0.389. The average Bonchev–Trinajstić information content (AvgIpc) is 3.48.